The molecule has 1 aromatic carbocycles. The minimum absolute atomic E-state index is 0.543. The van der Waals surface area contributed by atoms with Crippen molar-refractivity contribution in [1.29, 1.82) is 0 Å². The van der Waals surface area contributed by atoms with Crippen LogP contribution in [0.5, 0.6) is 0 Å². The van der Waals surface area contributed by atoms with Gasteiger partial charge in [-0.15, -0.1) is 0 Å². The number of nitrogens with zero attached hydrogens (tertiary/aromatic N) is 3. The highest BCUT2D eigenvalue weighted by atomic mass is 19.4. The highest BCUT2D eigenvalue weighted by Crippen LogP contribution is 2.36. The summed E-state index contributed by atoms with van der Waals surface area (Å²) in [6.45, 7) is 3.04. The largest absolute Gasteiger partial charge is 0.416 e. The van der Waals surface area contributed by atoms with E-state index in [1.165, 1.54) is 30.7 Å². The van der Waals surface area contributed by atoms with E-state index >= 15 is 0 Å². The SMILES string of the molecule is FC(F)(F)c1cccc(CC[C@@H]2CCCN(Cc3cncn3C3CC3)C2)c1. The van der Waals surface area contributed by atoms with Gasteiger partial charge in [0.25, 0.3) is 0 Å². The first-order valence-corrected chi connectivity index (χ1v) is 9.88. The Bertz CT molecular complexity index is 764. The average molecular weight is 377 g/mol. The summed E-state index contributed by atoms with van der Waals surface area (Å²) < 4.78 is 40.9. The zero-order valence-corrected chi connectivity index (χ0v) is 15.5. The van der Waals surface area contributed by atoms with E-state index in [9.17, 15) is 13.2 Å². The third-order valence-electron chi connectivity index (χ3n) is 5.77. The van der Waals surface area contributed by atoms with Crippen molar-refractivity contribution in [2.45, 2.75) is 57.3 Å². The van der Waals surface area contributed by atoms with E-state index in [2.05, 4.69) is 14.5 Å². The van der Waals surface area contributed by atoms with E-state index in [-0.39, 0.29) is 0 Å². The van der Waals surface area contributed by atoms with Crippen molar-refractivity contribution in [2.75, 3.05) is 13.1 Å². The molecule has 0 bridgehead atoms. The standard InChI is InChI=1S/C21H26F3N3/c22-21(23,24)18-5-1-3-16(11-18)6-7-17-4-2-10-26(13-17)14-20-12-25-15-27(20)19-8-9-19/h1,3,5,11-12,15,17,19H,2,4,6-10,13-14H2/t17-/m0/s1. The molecule has 6 heteroatoms. The summed E-state index contributed by atoms with van der Waals surface area (Å²) in [5.41, 5.74) is 1.53. The Balaban J connectivity index is 1.32. The smallest absolute Gasteiger partial charge is 0.330 e. The molecule has 27 heavy (non-hydrogen) atoms. The summed E-state index contributed by atoms with van der Waals surface area (Å²) in [7, 11) is 0. The predicted octanol–water partition coefficient (Wildman–Crippen LogP) is 5.08. The number of halogens is 3. The van der Waals surface area contributed by atoms with Gasteiger partial charge < -0.3 is 4.57 Å². The molecule has 1 saturated heterocycles. The zero-order chi connectivity index (χ0) is 18.9. The normalized spacial score (nSPS) is 21.5. The monoisotopic (exact) mass is 377 g/mol. The highest BCUT2D eigenvalue weighted by molar-refractivity contribution is 5.25. The van der Waals surface area contributed by atoms with Gasteiger partial charge in [0.05, 0.1) is 17.6 Å². The van der Waals surface area contributed by atoms with Crippen LogP contribution >= 0.6 is 0 Å². The van der Waals surface area contributed by atoms with Gasteiger partial charge in [0.15, 0.2) is 0 Å². The summed E-state index contributed by atoms with van der Waals surface area (Å²) in [6, 6.07) is 6.42. The van der Waals surface area contributed by atoms with Gasteiger partial charge in [0, 0.05) is 25.3 Å². The number of hydrogen-bond acceptors (Lipinski definition) is 2. The van der Waals surface area contributed by atoms with Crippen LogP contribution in [-0.2, 0) is 19.1 Å². The number of aryl methyl sites for hydroxylation is 1. The summed E-state index contributed by atoms with van der Waals surface area (Å²) >= 11 is 0. The zero-order valence-electron chi connectivity index (χ0n) is 15.5. The van der Waals surface area contributed by atoms with Crippen LogP contribution in [0.25, 0.3) is 0 Å². The molecule has 1 atom stereocenters. The lowest BCUT2D eigenvalue weighted by Crippen LogP contribution is -2.35. The minimum atomic E-state index is -4.26. The molecule has 4 rings (SSSR count). The number of likely N-dealkylation sites (tertiary alicyclic amines) is 1. The number of alkyl halides is 3. The van der Waals surface area contributed by atoms with Crippen LogP contribution in [-0.4, -0.2) is 27.5 Å². The fourth-order valence-corrected chi connectivity index (χ4v) is 4.17. The van der Waals surface area contributed by atoms with Gasteiger partial charge in [-0.25, -0.2) is 4.98 Å². The molecule has 0 N–H and O–H groups in total. The number of imidazole rings is 1. The Morgan fingerprint density at radius 3 is 2.78 bits per heavy atom. The van der Waals surface area contributed by atoms with Crippen molar-refractivity contribution in [3.8, 4) is 0 Å². The maximum Gasteiger partial charge on any atom is 0.416 e. The second kappa shape index (κ2) is 7.66. The molecule has 2 fully saturated rings. The van der Waals surface area contributed by atoms with Crippen molar-refractivity contribution in [1.82, 2.24) is 14.5 Å². The van der Waals surface area contributed by atoms with Crippen molar-refractivity contribution >= 4 is 0 Å². The first-order chi connectivity index (χ1) is 13.0. The van der Waals surface area contributed by atoms with Crippen molar-refractivity contribution in [3.63, 3.8) is 0 Å². The fourth-order valence-electron chi connectivity index (χ4n) is 4.17. The lowest BCUT2D eigenvalue weighted by Gasteiger charge is -2.33. The molecule has 0 unspecified atom stereocenters. The molecule has 1 aromatic heterocycles. The topological polar surface area (TPSA) is 21.1 Å². The molecule has 1 aliphatic carbocycles. The van der Waals surface area contributed by atoms with Crippen LogP contribution in [0.15, 0.2) is 36.8 Å². The summed E-state index contributed by atoms with van der Waals surface area (Å²) in [5.74, 6) is 0.547. The van der Waals surface area contributed by atoms with E-state index in [4.69, 9.17) is 0 Å². The minimum Gasteiger partial charge on any atom is -0.330 e. The fraction of sp³-hybridized carbons (Fsp3) is 0.571. The molecular weight excluding hydrogens is 351 g/mol. The maximum absolute atomic E-state index is 12.9. The van der Waals surface area contributed by atoms with Crippen molar-refractivity contribution < 1.29 is 13.2 Å². The Morgan fingerprint density at radius 1 is 1.15 bits per heavy atom. The maximum atomic E-state index is 12.9. The molecule has 2 aliphatic rings. The van der Waals surface area contributed by atoms with Gasteiger partial charge in [0.2, 0.25) is 0 Å². The second-order valence-corrected chi connectivity index (χ2v) is 8.00. The summed E-state index contributed by atoms with van der Waals surface area (Å²) in [4.78, 5) is 6.80. The molecule has 2 aromatic rings. The van der Waals surface area contributed by atoms with E-state index in [0.29, 0.717) is 18.4 Å². The number of benzene rings is 1. The van der Waals surface area contributed by atoms with E-state index in [1.54, 1.807) is 0 Å². The van der Waals surface area contributed by atoms with Crippen molar-refractivity contribution in [3.05, 3.63) is 53.6 Å². The van der Waals surface area contributed by atoms with E-state index in [1.807, 2.05) is 18.6 Å². The first kappa shape index (κ1) is 18.5. The lowest BCUT2D eigenvalue weighted by molar-refractivity contribution is -0.137. The van der Waals surface area contributed by atoms with E-state index in [0.717, 1.165) is 50.5 Å². The van der Waals surface area contributed by atoms with Crippen LogP contribution in [0, 0.1) is 5.92 Å². The average Bonchev–Trinajstić information content (AvgIpc) is 3.39. The molecule has 2 heterocycles. The van der Waals surface area contributed by atoms with E-state index < -0.39 is 11.7 Å². The number of aromatic nitrogens is 2. The van der Waals surface area contributed by atoms with Crippen LogP contribution in [0.3, 0.4) is 0 Å². The van der Waals surface area contributed by atoms with Gasteiger partial charge in [-0.2, -0.15) is 13.2 Å². The summed E-state index contributed by atoms with van der Waals surface area (Å²) in [6.07, 6.45) is 6.14. The quantitative estimate of drug-likeness (QED) is 0.700. The number of hydrogen-bond donors (Lipinski definition) is 0. The van der Waals surface area contributed by atoms with Crippen LogP contribution in [0.2, 0.25) is 0 Å². The molecule has 0 amide bonds. The molecule has 1 aliphatic heterocycles. The summed E-state index contributed by atoms with van der Waals surface area (Å²) in [5, 5.41) is 0. The van der Waals surface area contributed by atoms with Gasteiger partial charge in [-0.1, -0.05) is 18.2 Å². The molecule has 3 nitrogen and oxygen atoms in total. The molecule has 0 spiro atoms. The predicted molar refractivity (Wildman–Crippen MR) is 98.3 cm³/mol. The van der Waals surface area contributed by atoms with Crippen LogP contribution in [0.1, 0.15) is 55.0 Å². The Hall–Kier alpha value is -1.82. The number of piperidine rings is 1. The third-order valence-corrected chi connectivity index (χ3v) is 5.77. The molecule has 146 valence electrons. The van der Waals surface area contributed by atoms with Gasteiger partial charge in [-0.3, -0.25) is 4.90 Å². The van der Waals surface area contributed by atoms with Crippen molar-refractivity contribution in [2.24, 2.45) is 5.92 Å². The van der Waals surface area contributed by atoms with Gasteiger partial charge >= 0.3 is 6.18 Å². The Morgan fingerprint density at radius 2 is 2.00 bits per heavy atom. The molecule has 1 saturated carbocycles. The first-order valence-electron chi connectivity index (χ1n) is 9.88. The second-order valence-electron chi connectivity index (χ2n) is 8.00. The van der Waals surface area contributed by atoms with Gasteiger partial charge in [-0.05, 0) is 62.6 Å². The lowest BCUT2D eigenvalue weighted by atomic mass is 9.91. The van der Waals surface area contributed by atoms with Crippen LogP contribution < -0.4 is 0 Å². The van der Waals surface area contributed by atoms with Gasteiger partial charge in [0.1, 0.15) is 0 Å². The Labute approximate surface area is 158 Å². The highest BCUT2D eigenvalue weighted by Gasteiger charge is 2.30. The third kappa shape index (κ3) is 4.72. The number of rotatable bonds is 6. The van der Waals surface area contributed by atoms with Crippen LogP contribution in [0.4, 0.5) is 13.2 Å². The molecule has 0 radical (unpaired) electrons. The Kier molecular flexibility index (Phi) is 5.26. The molecular formula is C21H26F3N3.